The molecule has 0 spiro atoms. The van der Waals surface area contributed by atoms with Gasteiger partial charge in [0.05, 0.1) is 0 Å². The van der Waals surface area contributed by atoms with Crippen LogP contribution in [-0.4, -0.2) is 34.2 Å². The third-order valence-electron chi connectivity index (χ3n) is 4.98. The number of hydrogen-bond donors (Lipinski definition) is 2. The third kappa shape index (κ3) is 4.25. The average Bonchev–Trinajstić information content (AvgIpc) is 2.64. The average molecular weight is 319 g/mol. The van der Waals surface area contributed by atoms with E-state index in [1.807, 2.05) is 12.1 Å². The highest BCUT2D eigenvalue weighted by atomic mass is 16.4. The fourth-order valence-electron chi connectivity index (χ4n) is 3.41. The number of phenolic OH excluding ortho intramolecular Hbond substituents is 1. The summed E-state index contributed by atoms with van der Waals surface area (Å²) in [5, 5.41) is 19.4. The number of phenols is 1. The van der Waals surface area contributed by atoms with E-state index >= 15 is 0 Å². The Balaban J connectivity index is 2.10. The molecule has 1 atom stereocenters. The summed E-state index contributed by atoms with van der Waals surface area (Å²) in [5.41, 5.74) is 2.02. The first-order valence-electron chi connectivity index (χ1n) is 8.25. The lowest BCUT2D eigenvalue weighted by Crippen LogP contribution is -2.24. The van der Waals surface area contributed by atoms with Gasteiger partial charge in [-0.3, -0.25) is 9.69 Å². The van der Waals surface area contributed by atoms with E-state index in [-0.39, 0.29) is 23.2 Å². The summed E-state index contributed by atoms with van der Waals surface area (Å²) in [7, 11) is 0. The molecule has 1 saturated heterocycles. The zero-order valence-electron chi connectivity index (χ0n) is 14.9. The van der Waals surface area contributed by atoms with Gasteiger partial charge < -0.3 is 10.2 Å². The second-order valence-corrected chi connectivity index (χ2v) is 8.55. The number of nitrogens with zero attached hydrogens (tertiary/aromatic N) is 1. The Bertz CT molecular complexity index is 587. The molecule has 0 amide bonds. The van der Waals surface area contributed by atoms with Crippen molar-refractivity contribution in [1.29, 1.82) is 0 Å². The van der Waals surface area contributed by atoms with Crippen LogP contribution in [0.4, 0.5) is 0 Å². The fourth-order valence-corrected chi connectivity index (χ4v) is 3.41. The minimum absolute atomic E-state index is 0.0121. The molecule has 1 aromatic rings. The molecule has 0 saturated carbocycles. The summed E-state index contributed by atoms with van der Waals surface area (Å²) in [6, 6.07) is 5.92. The van der Waals surface area contributed by atoms with Gasteiger partial charge in [-0.25, -0.2) is 0 Å². The van der Waals surface area contributed by atoms with Crippen LogP contribution >= 0.6 is 0 Å². The first-order valence-corrected chi connectivity index (χ1v) is 8.25. The Hall–Kier alpha value is -1.55. The Kier molecular flexibility index (Phi) is 4.76. The lowest BCUT2D eigenvalue weighted by molar-refractivity contribution is -0.138. The van der Waals surface area contributed by atoms with Crippen LogP contribution < -0.4 is 0 Å². The number of rotatable bonds is 4. The Labute approximate surface area is 139 Å². The third-order valence-corrected chi connectivity index (χ3v) is 4.98. The molecule has 23 heavy (non-hydrogen) atoms. The monoisotopic (exact) mass is 319 g/mol. The van der Waals surface area contributed by atoms with Crippen molar-refractivity contribution in [3.05, 3.63) is 29.3 Å². The van der Waals surface area contributed by atoms with Crippen molar-refractivity contribution in [3.8, 4) is 5.75 Å². The number of carbonyl (C=O) groups is 1. The quantitative estimate of drug-likeness (QED) is 0.890. The predicted molar refractivity (Wildman–Crippen MR) is 91.6 cm³/mol. The van der Waals surface area contributed by atoms with Gasteiger partial charge in [0.25, 0.3) is 0 Å². The lowest BCUT2D eigenvalue weighted by atomic mass is 9.80. The smallest absolute Gasteiger partial charge is 0.303 e. The molecule has 0 radical (unpaired) electrons. The second-order valence-electron chi connectivity index (χ2n) is 8.55. The van der Waals surface area contributed by atoms with Gasteiger partial charge in [0.1, 0.15) is 5.75 Å². The number of benzene rings is 1. The van der Waals surface area contributed by atoms with Crippen LogP contribution in [0, 0.1) is 11.3 Å². The first kappa shape index (κ1) is 17.8. The number of likely N-dealkylation sites (tertiary alicyclic amines) is 1. The molecule has 1 unspecified atom stereocenters. The molecular weight excluding hydrogens is 290 g/mol. The normalized spacial score (nSPS) is 21.5. The van der Waals surface area contributed by atoms with E-state index in [1.165, 1.54) is 0 Å². The summed E-state index contributed by atoms with van der Waals surface area (Å²) >= 11 is 0. The van der Waals surface area contributed by atoms with Gasteiger partial charge in [-0.1, -0.05) is 46.8 Å². The summed E-state index contributed by atoms with van der Waals surface area (Å²) in [6.45, 7) is 12.9. The lowest BCUT2D eigenvalue weighted by Gasteiger charge is -2.24. The van der Waals surface area contributed by atoms with Crippen molar-refractivity contribution in [1.82, 2.24) is 4.90 Å². The molecule has 1 fully saturated rings. The van der Waals surface area contributed by atoms with Gasteiger partial charge in [-0.05, 0) is 28.4 Å². The molecule has 1 aliphatic heterocycles. The largest absolute Gasteiger partial charge is 0.508 e. The number of hydrogen-bond acceptors (Lipinski definition) is 3. The SMILES string of the molecule is CC(C)(C)c1ccc(CN2CC(CC(=O)O)C(C)(C)C2)c(O)c1. The Morgan fingerprint density at radius 1 is 1.35 bits per heavy atom. The van der Waals surface area contributed by atoms with Gasteiger partial charge in [0.15, 0.2) is 0 Å². The molecule has 0 aromatic heterocycles. The van der Waals surface area contributed by atoms with Crippen molar-refractivity contribution >= 4 is 5.97 Å². The standard InChI is InChI=1S/C19H29NO3/c1-18(2,3)14-7-6-13(16(21)8-14)10-20-11-15(9-17(22)23)19(4,5)12-20/h6-8,15,21H,9-12H2,1-5H3,(H,22,23). The summed E-state index contributed by atoms with van der Waals surface area (Å²) in [4.78, 5) is 13.3. The summed E-state index contributed by atoms with van der Waals surface area (Å²) in [5.74, 6) is -0.254. The van der Waals surface area contributed by atoms with Crippen LogP contribution in [0.2, 0.25) is 0 Å². The van der Waals surface area contributed by atoms with E-state index in [2.05, 4.69) is 45.6 Å². The molecule has 2 N–H and O–H groups in total. The molecule has 4 heteroatoms. The maximum absolute atomic E-state index is 11.0. The molecule has 1 aromatic carbocycles. The van der Waals surface area contributed by atoms with Crippen molar-refractivity contribution in [2.24, 2.45) is 11.3 Å². The maximum atomic E-state index is 11.0. The number of carboxylic acid groups (broad SMARTS) is 1. The fraction of sp³-hybridized carbons (Fsp3) is 0.632. The zero-order valence-corrected chi connectivity index (χ0v) is 14.9. The van der Waals surface area contributed by atoms with Crippen molar-refractivity contribution in [3.63, 3.8) is 0 Å². The summed E-state index contributed by atoms with van der Waals surface area (Å²) < 4.78 is 0. The molecule has 128 valence electrons. The van der Waals surface area contributed by atoms with E-state index in [0.717, 1.165) is 24.2 Å². The van der Waals surface area contributed by atoms with Gasteiger partial charge in [-0.15, -0.1) is 0 Å². The number of carboxylic acids is 1. The number of aromatic hydroxyl groups is 1. The predicted octanol–water partition coefficient (Wildman–Crippen LogP) is 3.62. The van der Waals surface area contributed by atoms with Crippen LogP contribution in [0.5, 0.6) is 5.75 Å². The van der Waals surface area contributed by atoms with Crippen LogP contribution in [0.15, 0.2) is 18.2 Å². The topological polar surface area (TPSA) is 60.8 Å². The van der Waals surface area contributed by atoms with E-state index in [4.69, 9.17) is 5.11 Å². The molecule has 4 nitrogen and oxygen atoms in total. The van der Waals surface area contributed by atoms with Crippen molar-refractivity contribution in [2.45, 2.75) is 53.0 Å². The van der Waals surface area contributed by atoms with Crippen LogP contribution in [-0.2, 0) is 16.8 Å². The summed E-state index contributed by atoms with van der Waals surface area (Å²) in [6.07, 6.45) is 0.207. The van der Waals surface area contributed by atoms with Gasteiger partial charge in [0.2, 0.25) is 0 Å². The van der Waals surface area contributed by atoms with E-state index in [9.17, 15) is 9.90 Å². The van der Waals surface area contributed by atoms with Crippen LogP contribution in [0.1, 0.15) is 52.2 Å². The molecule has 1 heterocycles. The molecular formula is C19H29NO3. The van der Waals surface area contributed by atoms with E-state index in [0.29, 0.717) is 12.3 Å². The van der Waals surface area contributed by atoms with Gasteiger partial charge >= 0.3 is 5.97 Å². The second kappa shape index (κ2) is 6.16. The van der Waals surface area contributed by atoms with Crippen LogP contribution in [0.25, 0.3) is 0 Å². The Morgan fingerprint density at radius 2 is 2.00 bits per heavy atom. The highest BCUT2D eigenvalue weighted by molar-refractivity contribution is 5.67. The number of aliphatic carboxylic acids is 1. The molecule has 1 aliphatic rings. The van der Waals surface area contributed by atoms with E-state index < -0.39 is 5.97 Å². The molecule has 0 bridgehead atoms. The molecule has 0 aliphatic carbocycles. The highest BCUT2D eigenvalue weighted by Crippen LogP contribution is 2.38. The minimum Gasteiger partial charge on any atom is -0.508 e. The van der Waals surface area contributed by atoms with Crippen LogP contribution in [0.3, 0.4) is 0 Å². The van der Waals surface area contributed by atoms with Crippen molar-refractivity contribution < 1.29 is 15.0 Å². The van der Waals surface area contributed by atoms with E-state index in [1.54, 1.807) is 0 Å². The highest BCUT2D eigenvalue weighted by Gasteiger charge is 2.40. The minimum atomic E-state index is -0.734. The Morgan fingerprint density at radius 3 is 2.52 bits per heavy atom. The zero-order chi connectivity index (χ0) is 17.4. The molecule has 2 rings (SSSR count). The maximum Gasteiger partial charge on any atom is 0.303 e. The van der Waals surface area contributed by atoms with Gasteiger partial charge in [-0.2, -0.15) is 0 Å². The first-order chi connectivity index (χ1) is 10.5. The van der Waals surface area contributed by atoms with Gasteiger partial charge in [0, 0.05) is 31.6 Å². The van der Waals surface area contributed by atoms with Crippen molar-refractivity contribution in [2.75, 3.05) is 13.1 Å².